The highest BCUT2D eigenvalue weighted by Gasteiger charge is 2.23. The smallest absolute Gasteiger partial charge is 0.278 e. The van der Waals surface area contributed by atoms with Gasteiger partial charge >= 0.3 is 0 Å². The van der Waals surface area contributed by atoms with E-state index in [2.05, 4.69) is 10.2 Å². The third-order valence-corrected chi connectivity index (χ3v) is 2.42. The summed E-state index contributed by atoms with van der Waals surface area (Å²) >= 11 is 0. The lowest BCUT2D eigenvalue weighted by Crippen LogP contribution is -2.32. The van der Waals surface area contributed by atoms with Crippen LogP contribution in [0.15, 0.2) is 0 Å². The predicted molar refractivity (Wildman–Crippen MR) is 64.2 cm³/mol. The van der Waals surface area contributed by atoms with Crippen LogP contribution in [0, 0.1) is 22.7 Å². The largest absolute Gasteiger partial charge is 0.395 e. The van der Waals surface area contributed by atoms with Crippen molar-refractivity contribution in [1.82, 2.24) is 15.1 Å². The molecule has 3 N–H and O–H groups in total. The minimum atomic E-state index is -0.515. The highest BCUT2D eigenvalue weighted by atomic mass is 16.2. The van der Waals surface area contributed by atoms with Crippen molar-refractivity contribution in [3.05, 3.63) is 11.4 Å². The molecule has 7 heteroatoms. The third-order valence-electron chi connectivity index (χ3n) is 2.42. The van der Waals surface area contributed by atoms with Gasteiger partial charge in [0.2, 0.25) is 0 Å². The number of nitrogens with two attached hydrogens (primary N) is 1. The number of carbonyl (C=O) groups is 1. The van der Waals surface area contributed by atoms with Crippen LogP contribution in [0.1, 0.15) is 35.9 Å². The van der Waals surface area contributed by atoms with Crippen molar-refractivity contribution in [2.45, 2.75) is 19.8 Å². The number of aromatic amines is 1. The zero-order valence-electron chi connectivity index (χ0n) is 10.3. The van der Waals surface area contributed by atoms with E-state index in [1.807, 2.05) is 26.0 Å². The first kappa shape index (κ1) is 13.5. The first-order valence-electron chi connectivity index (χ1n) is 5.39. The van der Waals surface area contributed by atoms with Crippen molar-refractivity contribution in [3.8, 4) is 12.1 Å². The molecule has 0 radical (unpaired) electrons. The first-order chi connectivity index (χ1) is 8.52. The van der Waals surface area contributed by atoms with Crippen LogP contribution in [0.3, 0.4) is 0 Å². The number of nitrogens with zero attached hydrogens (tertiary/aromatic N) is 4. The normalized spacial score (nSPS) is 9.83. The Bertz CT molecular complexity index is 503. The first-order valence-corrected chi connectivity index (χ1v) is 5.39. The van der Waals surface area contributed by atoms with Crippen LogP contribution in [0.4, 0.5) is 5.69 Å². The van der Waals surface area contributed by atoms with Crippen LogP contribution in [0.25, 0.3) is 0 Å². The number of rotatable bonds is 4. The Morgan fingerprint density at radius 3 is 2.39 bits per heavy atom. The number of hydrogen-bond donors (Lipinski definition) is 2. The molecule has 1 aromatic rings. The summed E-state index contributed by atoms with van der Waals surface area (Å²) in [4.78, 5) is 13.1. The summed E-state index contributed by atoms with van der Waals surface area (Å²) in [6.45, 7) is 3.49. The van der Waals surface area contributed by atoms with Crippen molar-refractivity contribution in [2.24, 2.45) is 0 Å². The third kappa shape index (κ3) is 2.58. The van der Waals surface area contributed by atoms with Crippen LogP contribution in [-0.2, 0) is 0 Å². The van der Waals surface area contributed by atoms with Crippen LogP contribution in [0.5, 0.6) is 0 Å². The molecule has 0 bridgehead atoms. The minimum absolute atomic E-state index is 0.0594. The Morgan fingerprint density at radius 1 is 1.44 bits per heavy atom. The van der Waals surface area contributed by atoms with Crippen LogP contribution >= 0.6 is 0 Å². The lowest BCUT2D eigenvalue weighted by Gasteiger charge is -2.14. The minimum Gasteiger partial charge on any atom is -0.395 e. The molecule has 0 spiro atoms. The Hall–Kier alpha value is -2.54. The maximum atomic E-state index is 12.0. The molecule has 7 nitrogen and oxygen atoms in total. The average molecular weight is 246 g/mol. The van der Waals surface area contributed by atoms with Gasteiger partial charge in [0, 0.05) is 0 Å². The van der Waals surface area contributed by atoms with Gasteiger partial charge in [-0.15, -0.1) is 0 Å². The number of aromatic nitrogens is 2. The number of amides is 1. The van der Waals surface area contributed by atoms with Crippen molar-refractivity contribution in [1.29, 1.82) is 10.5 Å². The molecule has 94 valence electrons. The summed E-state index contributed by atoms with van der Waals surface area (Å²) in [5.41, 5.74) is 6.83. The molecule has 0 unspecified atom stereocenters. The Labute approximate surface area is 105 Å². The average Bonchev–Trinajstić information content (AvgIpc) is 2.70. The summed E-state index contributed by atoms with van der Waals surface area (Å²) in [5, 5.41) is 23.8. The lowest BCUT2D eigenvalue weighted by atomic mass is 10.1. The van der Waals surface area contributed by atoms with Gasteiger partial charge < -0.3 is 10.6 Å². The quantitative estimate of drug-likeness (QED) is 0.753. The van der Waals surface area contributed by atoms with Crippen LogP contribution in [0.2, 0.25) is 0 Å². The maximum absolute atomic E-state index is 12.0. The van der Waals surface area contributed by atoms with Gasteiger partial charge in [0.25, 0.3) is 5.91 Å². The van der Waals surface area contributed by atoms with Crippen LogP contribution < -0.4 is 5.73 Å². The van der Waals surface area contributed by atoms with E-state index in [1.165, 1.54) is 0 Å². The van der Waals surface area contributed by atoms with E-state index in [9.17, 15) is 4.79 Å². The SMILES string of the molecule is CC(C)c1[nH]nc(C(=O)N(CC#N)CC#N)c1N. The monoisotopic (exact) mass is 246 g/mol. The number of anilines is 1. The fraction of sp³-hybridized carbons (Fsp3) is 0.455. The van der Waals surface area contributed by atoms with Gasteiger partial charge in [-0.2, -0.15) is 15.6 Å². The van der Waals surface area contributed by atoms with Crippen molar-refractivity contribution in [2.75, 3.05) is 18.8 Å². The number of nitrogens with one attached hydrogen (secondary N) is 1. The van der Waals surface area contributed by atoms with Gasteiger partial charge in [0.15, 0.2) is 5.69 Å². The predicted octanol–water partition coefficient (Wildman–Crippen LogP) is 0.605. The molecule has 0 aliphatic carbocycles. The summed E-state index contributed by atoms with van der Waals surface area (Å²) in [5.74, 6) is -0.404. The summed E-state index contributed by atoms with van der Waals surface area (Å²) < 4.78 is 0. The van der Waals surface area contributed by atoms with Gasteiger partial charge in [-0.05, 0) is 5.92 Å². The van der Waals surface area contributed by atoms with E-state index in [1.54, 1.807) is 0 Å². The van der Waals surface area contributed by atoms with E-state index >= 15 is 0 Å². The van der Waals surface area contributed by atoms with E-state index < -0.39 is 5.91 Å². The number of nitriles is 2. The molecule has 0 aromatic carbocycles. The van der Waals surface area contributed by atoms with Crippen molar-refractivity contribution < 1.29 is 4.79 Å². The molecule has 0 aliphatic heterocycles. The van der Waals surface area contributed by atoms with Gasteiger partial charge in [-0.25, -0.2) is 0 Å². The fourth-order valence-corrected chi connectivity index (χ4v) is 1.49. The van der Waals surface area contributed by atoms with Gasteiger partial charge in [0.1, 0.15) is 13.1 Å². The van der Waals surface area contributed by atoms with E-state index in [4.69, 9.17) is 16.3 Å². The molecule has 1 rings (SSSR count). The molecule has 1 aromatic heterocycles. The number of hydrogen-bond acceptors (Lipinski definition) is 5. The number of nitrogen functional groups attached to an aromatic ring is 1. The Kier molecular flexibility index (Phi) is 4.27. The molecule has 0 atom stereocenters. The van der Waals surface area contributed by atoms with Crippen molar-refractivity contribution in [3.63, 3.8) is 0 Å². The molecule has 1 heterocycles. The Morgan fingerprint density at radius 2 is 2.00 bits per heavy atom. The van der Waals surface area contributed by atoms with Crippen molar-refractivity contribution >= 4 is 11.6 Å². The van der Waals surface area contributed by atoms with Gasteiger partial charge in [-0.1, -0.05) is 13.8 Å². The second-order valence-electron chi connectivity index (χ2n) is 4.03. The molecule has 0 fully saturated rings. The maximum Gasteiger partial charge on any atom is 0.278 e. The van der Waals surface area contributed by atoms with E-state index in [-0.39, 0.29) is 30.4 Å². The molecule has 1 amide bonds. The second kappa shape index (κ2) is 5.69. The molecule has 0 saturated carbocycles. The zero-order valence-corrected chi connectivity index (χ0v) is 10.3. The fourth-order valence-electron chi connectivity index (χ4n) is 1.49. The molecule has 18 heavy (non-hydrogen) atoms. The topological polar surface area (TPSA) is 123 Å². The van der Waals surface area contributed by atoms with E-state index in [0.717, 1.165) is 4.90 Å². The Balaban J connectivity index is 3.03. The number of carbonyl (C=O) groups excluding carboxylic acids is 1. The second-order valence-corrected chi connectivity index (χ2v) is 4.03. The van der Waals surface area contributed by atoms with Gasteiger partial charge in [-0.3, -0.25) is 9.89 Å². The molecule has 0 aliphatic rings. The lowest BCUT2D eigenvalue weighted by molar-refractivity contribution is 0.0790. The van der Waals surface area contributed by atoms with Gasteiger partial charge in [0.05, 0.1) is 23.5 Å². The summed E-state index contributed by atoms with van der Waals surface area (Å²) in [6, 6.07) is 3.65. The summed E-state index contributed by atoms with van der Waals surface area (Å²) in [7, 11) is 0. The summed E-state index contributed by atoms with van der Waals surface area (Å²) in [6.07, 6.45) is 0. The zero-order chi connectivity index (χ0) is 13.7. The standard InChI is InChI=1S/C11H14N6O/c1-7(2)9-8(14)10(16-15-9)11(18)17(5-3-12)6-4-13/h7H,5-6,14H2,1-2H3,(H,15,16). The highest BCUT2D eigenvalue weighted by molar-refractivity contribution is 5.98. The highest BCUT2D eigenvalue weighted by Crippen LogP contribution is 2.22. The van der Waals surface area contributed by atoms with Crippen LogP contribution in [-0.4, -0.2) is 34.1 Å². The van der Waals surface area contributed by atoms with E-state index in [0.29, 0.717) is 5.69 Å². The molecular formula is C11H14N6O. The number of H-pyrrole nitrogens is 1. The molecule has 0 saturated heterocycles. The molecular weight excluding hydrogens is 232 g/mol.